The van der Waals surface area contributed by atoms with Crippen molar-refractivity contribution < 1.29 is 9.59 Å². The molecule has 0 aromatic carbocycles. The maximum absolute atomic E-state index is 12.7. The fourth-order valence-corrected chi connectivity index (χ4v) is 4.72. The molecule has 1 aliphatic carbocycles. The average Bonchev–Trinajstić information content (AvgIpc) is 2.68. The van der Waals surface area contributed by atoms with Gasteiger partial charge in [-0.3, -0.25) is 14.5 Å². The Bertz CT molecular complexity index is 484. The van der Waals surface area contributed by atoms with E-state index in [0.717, 1.165) is 58.4 Å². The van der Waals surface area contributed by atoms with E-state index >= 15 is 0 Å². The summed E-state index contributed by atoms with van der Waals surface area (Å²) in [4.78, 5) is 31.6. The summed E-state index contributed by atoms with van der Waals surface area (Å²) in [5.74, 6) is 0.740. The second kappa shape index (κ2) is 9.18. The summed E-state index contributed by atoms with van der Waals surface area (Å²) < 4.78 is 0. The summed E-state index contributed by atoms with van der Waals surface area (Å²) in [5.41, 5.74) is 0. The predicted molar refractivity (Wildman–Crippen MR) is 103 cm³/mol. The van der Waals surface area contributed by atoms with E-state index in [1.807, 2.05) is 16.8 Å². The van der Waals surface area contributed by atoms with E-state index in [4.69, 9.17) is 0 Å². The first kappa shape index (κ1) is 19.6. The number of nitrogens with zero attached hydrogens (tertiary/aromatic N) is 3. The normalized spacial score (nSPS) is 28.8. The van der Waals surface area contributed by atoms with E-state index < -0.39 is 0 Å². The molecule has 3 aliphatic rings. The number of piperazine rings is 1. The van der Waals surface area contributed by atoms with Crippen LogP contribution in [0.5, 0.6) is 0 Å². The molecule has 2 heterocycles. The summed E-state index contributed by atoms with van der Waals surface area (Å²) >= 11 is 0. The molecule has 2 aliphatic heterocycles. The molecule has 6 heteroatoms. The number of piperidine rings is 1. The number of hydrogen-bond acceptors (Lipinski definition) is 4. The van der Waals surface area contributed by atoms with Crippen molar-refractivity contribution in [3.8, 4) is 0 Å². The lowest BCUT2D eigenvalue weighted by Crippen LogP contribution is -2.54. The summed E-state index contributed by atoms with van der Waals surface area (Å²) in [7, 11) is 1.97. The smallest absolute Gasteiger partial charge is 0.236 e. The van der Waals surface area contributed by atoms with Gasteiger partial charge in [-0.15, -0.1) is 0 Å². The number of likely N-dealkylation sites (N-methyl/N-ethyl adjacent to an activating group) is 1. The third-order valence-electron chi connectivity index (χ3n) is 6.53. The van der Waals surface area contributed by atoms with Crippen molar-refractivity contribution in [3.05, 3.63) is 0 Å². The second-order valence-corrected chi connectivity index (χ2v) is 8.47. The zero-order valence-corrected chi connectivity index (χ0v) is 16.6. The van der Waals surface area contributed by atoms with Crippen LogP contribution in [-0.4, -0.2) is 84.9 Å². The van der Waals surface area contributed by atoms with Crippen LogP contribution in [0.1, 0.15) is 51.9 Å². The van der Waals surface area contributed by atoms with Crippen LogP contribution in [0.15, 0.2) is 0 Å². The minimum Gasteiger partial charge on any atom is -0.342 e. The summed E-state index contributed by atoms with van der Waals surface area (Å²) in [6.07, 6.45) is 8.01. The first-order chi connectivity index (χ1) is 12.5. The van der Waals surface area contributed by atoms with Gasteiger partial charge in [-0.05, 0) is 39.2 Å². The van der Waals surface area contributed by atoms with Crippen molar-refractivity contribution in [3.63, 3.8) is 0 Å². The molecule has 0 bridgehead atoms. The van der Waals surface area contributed by atoms with E-state index in [9.17, 15) is 9.59 Å². The Labute approximate surface area is 158 Å². The van der Waals surface area contributed by atoms with Gasteiger partial charge in [0.15, 0.2) is 0 Å². The number of hydrogen-bond donors (Lipinski definition) is 1. The summed E-state index contributed by atoms with van der Waals surface area (Å²) in [6, 6.07) is 0.868. The standard InChI is InChI=1S/C20H36N4O2/c1-16-14-17(8-9-21-16)20(26)24-12-10-23(11-13-24)15-19(25)22(2)18-6-4-3-5-7-18/h16-18,21H,3-15H2,1-2H3/t16-,17-/m0/s1. The van der Waals surface area contributed by atoms with Crippen LogP contribution in [0, 0.1) is 5.92 Å². The molecule has 1 saturated carbocycles. The second-order valence-electron chi connectivity index (χ2n) is 8.47. The molecule has 6 nitrogen and oxygen atoms in total. The fraction of sp³-hybridized carbons (Fsp3) is 0.900. The van der Waals surface area contributed by atoms with Gasteiger partial charge in [0.05, 0.1) is 6.54 Å². The highest BCUT2D eigenvalue weighted by Gasteiger charge is 2.31. The molecule has 3 rings (SSSR count). The molecule has 26 heavy (non-hydrogen) atoms. The van der Waals surface area contributed by atoms with Crippen molar-refractivity contribution in [1.82, 2.24) is 20.0 Å². The van der Waals surface area contributed by atoms with Crippen LogP contribution in [-0.2, 0) is 9.59 Å². The van der Waals surface area contributed by atoms with Crippen molar-refractivity contribution in [1.29, 1.82) is 0 Å². The Kier molecular flexibility index (Phi) is 6.92. The number of carbonyl (C=O) groups is 2. The lowest BCUT2D eigenvalue weighted by atomic mass is 9.92. The van der Waals surface area contributed by atoms with Gasteiger partial charge in [-0.2, -0.15) is 0 Å². The molecular formula is C20H36N4O2. The van der Waals surface area contributed by atoms with Crippen molar-refractivity contribution >= 4 is 11.8 Å². The van der Waals surface area contributed by atoms with E-state index in [-0.39, 0.29) is 11.8 Å². The summed E-state index contributed by atoms with van der Waals surface area (Å²) in [6.45, 7) is 6.76. The number of amides is 2. The van der Waals surface area contributed by atoms with Gasteiger partial charge in [0.25, 0.3) is 0 Å². The Hall–Kier alpha value is -1.14. The first-order valence-electron chi connectivity index (χ1n) is 10.5. The molecule has 0 spiro atoms. The van der Waals surface area contributed by atoms with Crippen molar-refractivity contribution in [2.24, 2.45) is 5.92 Å². The van der Waals surface area contributed by atoms with Gasteiger partial charge in [-0.25, -0.2) is 0 Å². The molecule has 2 atom stereocenters. The third kappa shape index (κ3) is 4.97. The van der Waals surface area contributed by atoms with Gasteiger partial charge in [0, 0.05) is 51.2 Å². The molecule has 2 amide bonds. The topological polar surface area (TPSA) is 55.9 Å². The lowest BCUT2D eigenvalue weighted by Gasteiger charge is -2.39. The highest BCUT2D eigenvalue weighted by Crippen LogP contribution is 2.22. The number of carbonyl (C=O) groups excluding carboxylic acids is 2. The Morgan fingerprint density at radius 1 is 1.04 bits per heavy atom. The Morgan fingerprint density at radius 3 is 2.38 bits per heavy atom. The van der Waals surface area contributed by atoms with E-state index in [1.165, 1.54) is 19.3 Å². The zero-order chi connectivity index (χ0) is 18.5. The molecule has 1 N–H and O–H groups in total. The molecule has 2 saturated heterocycles. The van der Waals surface area contributed by atoms with Crippen LogP contribution in [0.2, 0.25) is 0 Å². The van der Waals surface area contributed by atoms with Crippen LogP contribution in [0.3, 0.4) is 0 Å². The van der Waals surface area contributed by atoms with Crippen LogP contribution in [0.4, 0.5) is 0 Å². The SMILES string of the molecule is C[C@H]1C[C@@H](C(=O)N2CCN(CC(=O)N(C)C3CCCCC3)CC2)CCN1. The maximum Gasteiger partial charge on any atom is 0.236 e. The quantitative estimate of drug-likeness (QED) is 0.817. The Morgan fingerprint density at radius 2 is 1.73 bits per heavy atom. The molecule has 0 radical (unpaired) electrons. The largest absolute Gasteiger partial charge is 0.342 e. The van der Waals surface area contributed by atoms with Crippen molar-refractivity contribution in [2.45, 2.75) is 64.0 Å². The molecule has 148 valence electrons. The number of rotatable bonds is 4. The fourth-order valence-electron chi connectivity index (χ4n) is 4.72. The van der Waals surface area contributed by atoms with Crippen LogP contribution >= 0.6 is 0 Å². The average molecular weight is 365 g/mol. The molecular weight excluding hydrogens is 328 g/mol. The lowest BCUT2D eigenvalue weighted by molar-refractivity contribution is -0.139. The molecule has 0 aromatic heterocycles. The first-order valence-corrected chi connectivity index (χ1v) is 10.5. The van der Waals surface area contributed by atoms with Crippen LogP contribution < -0.4 is 5.32 Å². The highest BCUT2D eigenvalue weighted by atomic mass is 16.2. The maximum atomic E-state index is 12.7. The Balaban J connectivity index is 1.41. The molecule has 0 unspecified atom stereocenters. The van der Waals surface area contributed by atoms with E-state index in [0.29, 0.717) is 24.5 Å². The van der Waals surface area contributed by atoms with E-state index in [1.54, 1.807) is 0 Å². The monoisotopic (exact) mass is 364 g/mol. The van der Waals surface area contributed by atoms with Gasteiger partial charge >= 0.3 is 0 Å². The van der Waals surface area contributed by atoms with E-state index in [2.05, 4.69) is 17.1 Å². The summed E-state index contributed by atoms with van der Waals surface area (Å²) in [5, 5.41) is 3.41. The minimum atomic E-state index is 0.178. The highest BCUT2D eigenvalue weighted by molar-refractivity contribution is 5.80. The van der Waals surface area contributed by atoms with Gasteiger partial charge in [-0.1, -0.05) is 19.3 Å². The van der Waals surface area contributed by atoms with Gasteiger partial charge in [0.2, 0.25) is 11.8 Å². The molecule has 3 fully saturated rings. The van der Waals surface area contributed by atoms with Gasteiger partial charge in [0.1, 0.15) is 0 Å². The van der Waals surface area contributed by atoms with Crippen molar-refractivity contribution in [2.75, 3.05) is 46.3 Å². The number of nitrogens with one attached hydrogen (secondary N) is 1. The minimum absolute atomic E-state index is 0.178. The van der Waals surface area contributed by atoms with Crippen LogP contribution in [0.25, 0.3) is 0 Å². The zero-order valence-electron chi connectivity index (χ0n) is 16.6. The predicted octanol–water partition coefficient (Wildman–Crippen LogP) is 1.31. The third-order valence-corrected chi connectivity index (χ3v) is 6.53. The van der Waals surface area contributed by atoms with Gasteiger partial charge < -0.3 is 15.1 Å². The molecule has 0 aromatic rings.